The lowest BCUT2D eigenvalue weighted by Gasteiger charge is -2.11. The van der Waals surface area contributed by atoms with Crippen LogP contribution in [0.25, 0.3) is 0 Å². The van der Waals surface area contributed by atoms with Crippen LogP contribution >= 0.6 is 0 Å². The van der Waals surface area contributed by atoms with E-state index in [2.05, 4.69) is 5.32 Å². The fourth-order valence-electron chi connectivity index (χ4n) is 1.08. The highest BCUT2D eigenvalue weighted by Gasteiger charge is 2.08. The molecule has 15 heavy (non-hydrogen) atoms. The first kappa shape index (κ1) is 11.0. The molecule has 1 rings (SSSR count). The van der Waals surface area contributed by atoms with Gasteiger partial charge in [0.15, 0.2) is 0 Å². The molecule has 5 N–H and O–H groups in total. The van der Waals surface area contributed by atoms with Gasteiger partial charge in [-0.2, -0.15) is 0 Å². The van der Waals surface area contributed by atoms with Crippen LogP contribution in [-0.2, 0) is 4.79 Å². The van der Waals surface area contributed by atoms with E-state index in [0.717, 1.165) is 0 Å². The minimum absolute atomic E-state index is 0.386. The molecular weight excluding hydrogens is 194 g/mol. The first-order valence-corrected chi connectivity index (χ1v) is 4.46. The highest BCUT2D eigenvalue weighted by atomic mass is 16.1. The van der Waals surface area contributed by atoms with E-state index >= 15 is 0 Å². The molecule has 0 heterocycles. The van der Waals surface area contributed by atoms with Gasteiger partial charge in [-0.3, -0.25) is 9.59 Å². The third-order valence-electron chi connectivity index (χ3n) is 1.96. The highest BCUT2D eigenvalue weighted by molar-refractivity contribution is 5.94. The van der Waals surface area contributed by atoms with Crippen LogP contribution in [0.1, 0.15) is 17.3 Å². The quantitative estimate of drug-likeness (QED) is 0.651. The van der Waals surface area contributed by atoms with E-state index in [0.29, 0.717) is 11.3 Å². The number of primary amides is 2. The lowest BCUT2D eigenvalue weighted by molar-refractivity contribution is -0.118. The van der Waals surface area contributed by atoms with Gasteiger partial charge < -0.3 is 16.8 Å². The molecule has 0 saturated carbocycles. The van der Waals surface area contributed by atoms with Crippen molar-refractivity contribution in [3.8, 4) is 0 Å². The van der Waals surface area contributed by atoms with Crippen LogP contribution in [0, 0.1) is 0 Å². The molecule has 0 aliphatic rings. The van der Waals surface area contributed by atoms with E-state index in [-0.39, 0.29) is 0 Å². The molecule has 0 fully saturated rings. The molecule has 1 aromatic rings. The second kappa shape index (κ2) is 4.45. The highest BCUT2D eigenvalue weighted by Crippen LogP contribution is 2.11. The van der Waals surface area contributed by atoms with E-state index in [1.165, 1.54) is 0 Å². The minimum Gasteiger partial charge on any atom is -0.374 e. The summed E-state index contributed by atoms with van der Waals surface area (Å²) in [5.74, 6) is -0.968. The number of nitrogens with two attached hydrogens (primary N) is 2. The Morgan fingerprint density at radius 2 is 2.00 bits per heavy atom. The van der Waals surface area contributed by atoms with Crippen molar-refractivity contribution in [3.05, 3.63) is 29.8 Å². The Kier molecular flexibility index (Phi) is 3.28. The SMILES string of the molecule is CC(Nc1cccc(C(N)=O)c1)C(N)=O. The number of anilines is 1. The molecule has 0 bridgehead atoms. The number of benzene rings is 1. The maximum Gasteiger partial charge on any atom is 0.248 e. The van der Waals surface area contributed by atoms with Crippen molar-refractivity contribution in [1.82, 2.24) is 0 Å². The van der Waals surface area contributed by atoms with Crippen molar-refractivity contribution in [2.45, 2.75) is 13.0 Å². The lowest BCUT2D eigenvalue weighted by Crippen LogP contribution is -2.32. The van der Waals surface area contributed by atoms with E-state index in [1.54, 1.807) is 31.2 Å². The van der Waals surface area contributed by atoms with Crippen molar-refractivity contribution in [3.63, 3.8) is 0 Å². The average Bonchev–Trinajstić information content (AvgIpc) is 2.18. The van der Waals surface area contributed by atoms with E-state index < -0.39 is 17.9 Å². The molecule has 1 aromatic carbocycles. The second-order valence-corrected chi connectivity index (χ2v) is 3.21. The summed E-state index contributed by atoms with van der Waals surface area (Å²) in [7, 11) is 0. The van der Waals surface area contributed by atoms with Crippen molar-refractivity contribution in [2.24, 2.45) is 11.5 Å². The number of carbonyl (C=O) groups excluding carboxylic acids is 2. The van der Waals surface area contributed by atoms with Crippen LogP contribution in [0.4, 0.5) is 5.69 Å². The Morgan fingerprint density at radius 1 is 1.33 bits per heavy atom. The van der Waals surface area contributed by atoms with Gasteiger partial charge in [0.1, 0.15) is 6.04 Å². The maximum absolute atomic E-state index is 10.9. The van der Waals surface area contributed by atoms with Gasteiger partial charge in [-0.25, -0.2) is 0 Å². The summed E-state index contributed by atoms with van der Waals surface area (Å²) in [6.07, 6.45) is 0. The van der Waals surface area contributed by atoms with Crippen molar-refractivity contribution < 1.29 is 9.59 Å². The topological polar surface area (TPSA) is 98.2 Å². The molecule has 1 atom stereocenters. The molecule has 5 nitrogen and oxygen atoms in total. The Labute approximate surface area is 87.4 Å². The van der Waals surface area contributed by atoms with Crippen LogP contribution in [0.15, 0.2) is 24.3 Å². The van der Waals surface area contributed by atoms with Gasteiger partial charge >= 0.3 is 0 Å². The molecule has 0 spiro atoms. The summed E-state index contributed by atoms with van der Waals surface area (Å²) in [5, 5.41) is 2.85. The van der Waals surface area contributed by atoms with Crippen LogP contribution < -0.4 is 16.8 Å². The normalized spacial score (nSPS) is 11.8. The number of nitrogens with one attached hydrogen (secondary N) is 1. The minimum atomic E-state index is -0.509. The van der Waals surface area contributed by atoms with Crippen LogP contribution in [0.2, 0.25) is 0 Å². The summed E-state index contributed by atoms with van der Waals surface area (Å²) in [5.41, 5.74) is 11.2. The largest absolute Gasteiger partial charge is 0.374 e. The summed E-state index contributed by atoms with van der Waals surface area (Å²) < 4.78 is 0. The van der Waals surface area contributed by atoms with E-state index in [4.69, 9.17) is 11.5 Å². The predicted octanol–water partition coefficient (Wildman–Crippen LogP) is 0.0712. The number of hydrogen-bond acceptors (Lipinski definition) is 3. The second-order valence-electron chi connectivity index (χ2n) is 3.21. The van der Waals surface area contributed by atoms with E-state index in [9.17, 15) is 9.59 Å². The van der Waals surface area contributed by atoms with Gasteiger partial charge in [0.05, 0.1) is 0 Å². The fraction of sp³-hybridized carbons (Fsp3) is 0.200. The summed E-state index contributed by atoms with van der Waals surface area (Å²) in [6, 6.07) is 6.08. The monoisotopic (exact) mass is 207 g/mol. The zero-order valence-electron chi connectivity index (χ0n) is 8.36. The predicted molar refractivity (Wildman–Crippen MR) is 57.2 cm³/mol. The molecule has 1 unspecified atom stereocenters. The molecule has 0 aliphatic carbocycles. The number of hydrogen-bond donors (Lipinski definition) is 3. The smallest absolute Gasteiger partial charge is 0.248 e. The number of carbonyl (C=O) groups is 2. The summed E-state index contributed by atoms with van der Waals surface area (Å²) in [6.45, 7) is 1.64. The molecule has 0 aliphatic heterocycles. The molecule has 0 radical (unpaired) electrons. The van der Waals surface area contributed by atoms with Crippen LogP contribution in [0.5, 0.6) is 0 Å². The lowest BCUT2D eigenvalue weighted by atomic mass is 10.2. The molecule has 80 valence electrons. The Morgan fingerprint density at radius 3 is 2.53 bits per heavy atom. The van der Waals surface area contributed by atoms with Crippen molar-refractivity contribution in [2.75, 3.05) is 5.32 Å². The van der Waals surface area contributed by atoms with Crippen molar-refractivity contribution in [1.29, 1.82) is 0 Å². The third-order valence-corrected chi connectivity index (χ3v) is 1.96. The molecule has 2 amide bonds. The van der Waals surface area contributed by atoms with Gasteiger partial charge in [-0.15, -0.1) is 0 Å². The standard InChI is InChI=1S/C10H13N3O2/c1-6(9(11)14)13-8-4-2-3-7(5-8)10(12)15/h2-6,13H,1H3,(H2,11,14)(H2,12,15). The van der Waals surface area contributed by atoms with Crippen LogP contribution in [0.3, 0.4) is 0 Å². The zero-order chi connectivity index (χ0) is 11.4. The fourth-order valence-corrected chi connectivity index (χ4v) is 1.08. The molecule has 0 saturated heterocycles. The van der Waals surface area contributed by atoms with Gasteiger partial charge in [0, 0.05) is 11.3 Å². The summed E-state index contributed by atoms with van der Waals surface area (Å²) in [4.78, 5) is 21.7. The van der Waals surface area contributed by atoms with Crippen molar-refractivity contribution >= 4 is 17.5 Å². The van der Waals surface area contributed by atoms with E-state index in [1.807, 2.05) is 0 Å². The molecule has 0 aromatic heterocycles. The Balaban J connectivity index is 2.82. The van der Waals surface area contributed by atoms with Gasteiger partial charge in [0.25, 0.3) is 0 Å². The first-order valence-electron chi connectivity index (χ1n) is 4.46. The Bertz CT molecular complexity index is 390. The van der Waals surface area contributed by atoms with Gasteiger partial charge in [-0.1, -0.05) is 6.07 Å². The summed E-state index contributed by atoms with van der Waals surface area (Å²) >= 11 is 0. The first-order chi connectivity index (χ1) is 7.00. The number of rotatable bonds is 4. The van der Waals surface area contributed by atoms with Crippen LogP contribution in [-0.4, -0.2) is 17.9 Å². The van der Waals surface area contributed by atoms with Gasteiger partial charge in [0.2, 0.25) is 11.8 Å². The maximum atomic E-state index is 10.9. The Hall–Kier alpha value is -2.04. The average molecular weight is 207 g/mol. The zero-order valence-corrected chi connectivity index (χ0v) is 8.36. The molecular formula is C10H13N3O2. The third kappa shape index (κ3) is 2.98. The molecule has 5 heteroatoms. The van der Waals surface area contributed by atoms with Gasteiger partial charge in [-0.05, 0) is 25.1 Å². The number of amides is 2.